The molecule has 2 aromatic rings. The van der Waals surface area contributed by atoms with Crippen LogP contribution in [0.4, 0.5) is 5.69 Å². The number of rotatable bonds is 11. The first-order chi connectivity index (χ1) is 17.4. The molecule has 0 saturated carbocycles. The molecule has 2 saturated heterocycles. The summed E-state index contributed by atoms with van der Waals surface area (Å²) in [7, 11) is -0.525. The zero-order valence-corrected chi connectivity index (χ0v) is 21.8. The van der Waals surface area contributed by atoms with Crippen molar-refractivity contribution in [3.05, 3.63) is 65.7 Å². The fourth-order valence-electron chi connectivity index (χ4n) is 4.37. The Hall–Kier alpha value is -2.54. The molecule has 36 heavy (non-hydrogen) atoms. The number of piperazine rings is 1. The first-order valence-electron chi connectivity index (χ1n) is 12.3. The number of ether oxygens (including phenoxy) is 1. The second-order valence-corrected chi connectivity index (χ2v) is 11.1. The Morgan fingerprint density at radius 2 is 1.69 bits per heavy atom. The maximum Gasteiger partial charge on any atom is 0.304 e. The van der Waals surface area contributed by atoms with Gasteiger partial charge in [0.25, 0.3) is 5.91 Å². The number of para-hydroxylation sites is 1. The van der Waals surface area contributed by atoms with Crippen molar-refractivity contribution in [1.29, 1.82) is 0 Å². The summed E-state index contributed by atoms with van der Waals surface area (Å²) in [6.45, 7) is 6.73. The lowest BCUT2D eigenvalue weighted by atomic mass is 10.1. The van der Waals surface area contributed by atoms with Gasteiger partial charge in [-0.1, -0.05) is 30.3 Å². The molecule has 2 aliphatic heterocycles. The van der Waals surface area contributed by atoms with Gasteiger partial charge in [-0.05, 0) is 29.8 Å². The summed E-state index contributed by atoms with van der Waals surface area (Å²) in [5, 5.41) is 0. The third-order valence-electron chi connectivity index (χ3n) is 6.77. The Kier molecular flexibility index (Phi) is 8.94. The third kappa shape index (κ3) is 6.41. The van der Waals surface area contributed by atoms with Crippen molar-refractivity contribution in [2.45, 2.75) is 12.6 Å². The minimum atomic E-state index is -3.78. The molecular weight excluding hydrogens is 480 g/mol. The molecule has 0 atom stereocenters. The Labute approximate surface area is 214 Å². The maximum absolute atomic E-state index is 13.7. The van der Waals surface area contributed by atoms with Gasteiger partial charge in [0, 0.05) is 58.9 Å². The molecular formula is C25H36N6O4S. The number of hydrazine groups is 1. The quantitative estimate of drug-likeness (QED) is 0.426. The molecule has 0 spiro atoms. The van der Waals surface area contributed by atoms with Gasteiger partial charge >= 0.3 is 10.2 Å². The molecule has 0 aromatic heterocycles. The van der Waals surface area contributed by atoms with Crippen LogP contribution < -0.4 is 15.2 Å². The summed E-state index contributed by atoms with van der Waals surface area (Å²) in [6, 6.07) is 16.6. The molecule has 2 heterocycles. The van der Waals surface area contributed by atoms with Crippen molar-refractivity contribution in [3.63, 3.8) is 0 Å². The van der Waals surface area contributed by atoms with Crippen LogP contribution in [0.1, 0.15) is 15.9 Å². The van der Waals surface area contributed by atoms with Gasteiger partial charge in [-0.3, -0.25) is 24.3 Å². The van der Waals surface area contributed by atoms with Gasteiger partial charge in [-0.15, -0.1) is 0 Å². The van der Waals surface area contributed by atoms with Crippen molar-refractivity contribution in [2.75, 3.05) is 70.9 Å². The van der Waals surface area contributed by atoms with E-state index in [1.54, 1.807) is 50.5 Å². The molecule has 0 radical (unpaired) electrons. The van der Waals surface area contributed by atoms with E-state index in [0.717, 1.165) is 45.0 Å². The normalized spacial score (nSPS) is 17.6. The zero-order chi connectivity index (χ0) is 25.5. The Morgan fingerprint density at radius 3 is 2.28 bits per heavy atom. The number of hydrogen-bond donors (Lipinski definition) is 2. The molecule has 0 unspecified atom stereocenters. The van der Waals surface area contributed by atoms with E-state index < -0.39 is 10.2 Å². The lowest BCUT2D eigenvalue weighted by Gasteiger charge is -2.42. The van der Waals surface area contributed by atoms with Gasteiger partial charge in [-0.25, -0.2) is 5.43 Å². The molecule has 2 aromatic carbocycles. The zero-order valence-electron chi connectivity index (χ0n) is 21.0. The predicted octanol–water partition coefficient (Wildman–Crippen LogP) is 0.750. The molecule has 2 aliphatic rings. The van der Waals surface area contributed by atoms with Crippen molar-refractivity contribution < 1.29 is 17.9 Å². The number of nitrogens with one attached hydrogen (secondary N) is 2. The number of carbonyl (C=O) groups excluding carboxylic acids is 1. The Morgan fingerprint density at radius 1 is 1.03 bits per heavy atom. The average molecular weight is 517 g/mol. The maximum atomic E-state index is 13.7. The van der Waals surface area contributed by atoms with E-state index in [1.807, 2.05) is 18.2 Å². The molecule has 10 nitrogen and oxygen atoms in total. The van der Waals surface area contributed by atoms with Gasteiger partial charge < -0.3 is 4.74 Å². The van der Waals surface area contributed by atoms with Crippen LogP contribution in [-0.2, 0) is 21.5 Å². The van der Waals surface area contributed by atoms with E-state index in [1.165, 1.54) is 8.61 Å². The minimum Gasteiger partial charge on any atom is -0.378 e. The number of nitrogens with zero attached hydrogens (tertiary/aromatic N) is 4. The van der Waals surface area contributed by atoms with Crippen molar-refractivity contribution >= 4 is 21.8 Å². The summed E-state index contributed by atoms with van der Waals surface area (Å²) < 4.78 is 35.5. The highest BCUT2D eigenvalue weighted by Gasteiger charge is 2.31. The van der Waals surface area contributed by atoms with Crippen molar-refractivity contribution in [2.24, 2.45) is 0 Å². The fourth-order valence-corrected chi connectivity index (χ4v) is 5.71. The van der Waals surface area contributed by atoms with Crippen LogP contribution in [0.5, 0.6) is 0 Å². The van der Waals surface area contributed by atoms with E-state index >= 15 is 0 Å². The Bertz CT molecular complexity index is 1090. The molecule has 0 aliphatic carbocycles. The molecule has 1 amide bonds. The van der Waals surface area contributed by atoms with E-state index in [-0.39, 0.29) is 12.5 Å². The monoisotopic (exact) mass is 516 g/mol. The second-order valence-electron chi connectivity index (χ2n) is 9.14. The predicted molar refractivity (Wildman–Crippen MR) is 140 cm³/mol. The summed E-state index contributed by atoms with van der Waals surface area (Å²) in [5.74, 6) is -0.252. The van der Waals surface area contributed by atoms with Crippen LogP contribution in [0.15, 0.2) is 54.6 Å². The average Bonchev–Trinajstić information content (AvgIpc) is 2.86. The number of amides is 1. The van der Waals surface area contributed by atoms with Gasteiger partial charge in [0.15, 0.2) is 0 Å². The highest BCUT2D eigenvalue weighted by atomic mass is 32.2. The summed E-state index contributed by atoms with van der Waals surface area (Å²) >= 11 is 0. The first-order valence-corrected chi connectivity index (χ1v) is 13.7. The van der Waals surface area contributed by atoms with Crippen LogP contribution in [0.3, 0.4) is 0 Å². The topological polar surface area (TPSA) is 97.5 Å². The lowest BCUT2D eigenvalue weighted by Crippen LogP contribution is -2.57. The molecule has 2 fully saturated rings. The van der Waals surface area contributed by atoms with Gasteiger partial charge in [-0.2, -0.15) is 12.7 Å². The Balaban J connectivity index is 1.41. The van der Waals surface area contributed by atoms with Gasteiger partial charge in [0.05, 0.1) is 31.5 Å². The van der Waals surface area contributed by atoms with E-state index in [4.69, 9.17) is 4.74 Å². The van der Waals surface area contributed by atoms with Crippen molar-refractivity contribution in [1.82, 2.24) is 25.0 Å². The molecule has 0 bridgehead atoms. The number of benzene rings is 2. The summed E-state index contributed by atoms with van der Waals surface area (Å²) in [6.07, 6.45) is 0. The van der Waals surface area contributed by atoms with Crippen LogP contribution in [-0.4, -0.2) is 101 Å². The molecule has 11 heteroatoms. The summed E-state index contributed by atoms with van der Waals surface area (Å²) in [4.78, 5) is 16.8. The number of hydrogen-bond acceptors (Lipinski definition) is 7. The van der Waals surface area contributed by atoms with Crippen LogP contribution >= 0.6 is 0 Å². The van der Waals surface area contributed by atoms with E-state index in [9.17, 15) is 13.2 Å². The standard InChI is InChI=1S/C25H36N6O4S/c1-26-27-25(32)22-10-8-21(9-11-22)18-31(23-6-4-3-5-7-23)36(33,34)28(2)12-13-29-14-16-30(17-15-29)24-19-35-20-24/h3-11,24,26H,12-20H2,1-2H3,(H,27,32). The second kappa shape index (κ2) is 12.1. The molecule has 196 valence electrons. The SMILES string of the molecule is CNNC(=O)c1ccc(CN(c2ccccc2)S(=O)(=O)N(C)CCN2CCN(C3COC3)CC2)cc1. The van der Waals surface area contributed by atoms with Crippen LogP contribution in [0.2, 0.25) is 0 Å². The van der Waals surface area contributed by atoms with E-state index in [2.05, 4.69) is 20.7 Å². The highest BCUT2D eigenvalue weighted by molar-refractivity contribution is 7.90. The lowest BCUT2D eigenvalue weighted by molar-refractivity contribution is -0.0768. The number of anilines is 1. The molecule has 2 N–H and O–H groups in total. The van der Waals surface area contributed by atoms with Crippen LogP contribution in [0, 0.1) is 0 Å². The number of likely N-dealkylation sites (N-methyl/N-ethyl adjacent to an activating group) is 1. The highest BCUT2D eigenvalue weighted by Crippen LogP contribution is 2.23. The summed E-state index contributed by atoms with van der Waals surface area (Å²) in [5.41, 5.74) is 7.01. The fraction of sp³-hybridized carbons (Fsp3) is 0.480. The van der Waals surface area contributed by atoms with Gasteiger partial charge in [0.2, 0.25) is 0 Å². The minimum absolute atomic E-state index is 0.159. The largest absolute Gasteiger partial charge is 0.378 e. The van der Waals surface area contributed by atoms with Crippen LogP contribution in [0.25, 0.3) is 0 Å². The first kappa shape index (κ1) is 26.5. The number of carbonyl (C=O) groups is 1. The molecule has 4 rings (SSSR count). The third-order valence-corrected chi connectivity index (χ3v) is 8.64. The van der Waals surface area contributed by atoms with E-state index in [0.29, 0.717) is 30.4 Å². The van der Waals surface area contributed by atoms with Crippen molar-refractivity contribution in [3.8, 4) is 0 Å². The smallest absolute Gasteiger partial charge is 0.304 e. The van der Waals surface area contributed by atoms with Gasteiger partial charge in [0.1, 0.15) is 0 Å².